The zero-order chi connectivity index (χ0) is 32.0. The fourth-order valence-corrected chi connectivity index (χ4v) is 5.61. The number of hydrogen-bond donors (Lipinski definition) is 3. The molecule has 2 saturated carbocycles. The first kappa shape index (κ1) is 32.3. The van der Waals surface area contributed by atoms with Crippen molar-refractivity contribution in [3.8, 4) is 11.5 Å². The minimum atomic E-state index is -1.55. The summed E-state index contributed by atoms with van der Waals surface area (Å²) in [5.41, 5.74) is 2.56. The van der Waals surface area contributed by atoms with Gasteiger partial charge in [0.25, 0.3) is 11.8 Å². The lowest BCUT2D eigenvalue weighted by atomic mass is 9.77. The molecule has 2 heterocycles. The van der Waals surface area contributed by atoms with E-state index in [4.69, 9.17) is 14.1 Å². The first-order valence-electron chi connectivity index (χ1n) is 15.4. The molecule has 12 heteroatoms. The molecular weight excluding hydrogens is 562 g/mol. The lowest BCUT2D eigenvalue weighted by Gasteiger charge is -2.37. The Bertz CT molecular complexity index is 1380. The van der Waals surface area contributed by atoms with E-state index in [1.807, 2.05) is 35.8 Å². The highest BCUT2D eigenvalue weighted by atomic mass is 16.5. The first-order valence-corrected chi connectivity index (χ1v) is 15.4. The molecule has 0 bridgehead atoms. The molecule has 235 valence electrons. The van der Waals surface area contributed by atoms with Crippen molar-refractivity contribution in [2.75, 3.05) is 27.3 Å². The number of rotatable bonds is 9. The maximum absolute atomic E-state index is 12.8. The first-order chi connectivity index (χ1) is 20.8. The van der Waals surface area contributed by atoms with Crippen molar-refractivity contribution in [2.24, 2.45) is 0 Å². The topological polar surface area (TPSA) is 129 Å². The molecule has 44 heavy (non-hydrogen) atoms. The molecule has 0 saturated heterocycles. The van der Waals surface area contributed by atoms with Gasteiger partial charge in [-0.25, -0.2) is 0 Å². The largest absolute Gasteiger partial charge is 0.496 e. The second kappa shape index (κ2) is 12.4. The molecule has 0 atom stereocenters. The number of hydrogen-bond acceptors (Lipinski definition) is 8. The molecule has 2 aliphatic heterocycles. The maximum Gasteiger partial charge on any atom is 0.488 e. The van der Waals surface area contributed by atoms with E-state index in [0.29, 0.717) is 46.7 Å². The summed E-state index contributed by atoms with van der Waals surface area (Å²) in [7, 11) is 3.17. The molecule has 0 unspecified atom stereocenters. The van der Waals surface area contributed by atoms with Crippen molar-refractivity contribution in [1.82, 2.24) is 9.80 Å². The van der Waals surface area contributed by atoms with Gasteiger partial charge in [0.1, 0.15) is 11.5 Å². The van der Waals surface area contributed by atoms with E-state index in [2.05, 4.69) is 0 Å². The summed E-state index contributed by atoms with van der Waals surface area (Å²) in [5.74, 6) is 1.09. The fraction of sp³-hybridized carbons (Fsp3) is 0.562. The highest BCUT2D eigenvalue weighted by Gasteiger charge is 2.40. The summed E-state index contributed by atoms with van der Waals surface area (Å²) in [5, 5.41) is 28.8. The lowest BCUT2D eigenvalue weighted by molar-refractivity contribution is -0.0893. The van der Waals surface area contributed by atoms with Crippen molar-refractivity contribution >= 4 is 37.3 Å². The van der Waals surface area contributed by atoms with Crippen molar-refractivity contribution < 1.29 is 38.9 Å². The zero-order valence-electron chi connectivity index (χ0n) is 26.6. The fourth-order valence-electron chi connectivity index (χ4n) is 5.61. The van der Waals surface area contributed by atoms with Gasteiger partial charge >= 0.3 is 14.6 Å². The Kier molecular flexibility index (Phi) is 9.11. The van der Waals surface area contributed by atoms with Gasteiger partial charge in [0, 0.05) is 25.2 Å². The van der Waals surface area contributed by atoms with Gasteiger partial charge in [-0.05, 0) is 100 Å². The van der Waals surface area contributed by atoms with E-state index in [1.54, 1.807) is 34.5 Å². The standard InChI is InChI=1S/C19H27BNO4.C13H16BNO4/c1-18(2,23)19(3,4)25-20-13-10-12-8-9-21(14-6-7-14)17(22)16(12)15(11-13)24-5;1-19-11-7-9(14(17)18)6-8-4-5-15(10-2-3-10)13(16)12(8)11/h10-11,14,23H,6-9H2,1-5H3;6-7,10,17-18H,2-5H2,1H3. The van der Waals surface area contributed by atoms with Gasteiger partial charge in [0.15, 0.2) is 0 Å². The van der Waals surface area contributed by atoms with E-state index in [1.165, 1.54) is 13.2 Å². The Hall–Kier alpha value is -3.05. The predicted octanol–water partition coefficient (Wildman–Crippen LogP) is 1.20. The number of nitrogens with zero attached hydrogens (tertiary/aromatic N) is 2. The lowest BCUT2D eigenvalue weighted by Crippen LogP contribution is -2.49. The van der Waals surface area contributed by atoms with Crippen LogP contribution in [-0.2, 0) is 17.5 Å². The average molecular weight is 605 g/mol. The van der Waals surface area contributed by atoms with Crippen LogP contribution in [0.1, 0.15) is 85.2 Å². The van der Waals surface area contributed by atoms with Gasteiger partial charge in [-0.3, -0.25) is 9.59 Å². The summed E-state index contributed by atoms with van der Waals surface area (Å²) >= 11 is 0. The molecule has 2 amide bonds. The van der Waals surface area contributed by atoms with Crippen LogP contribution in [0, 0.1) is 0 Å². The molecule has 2 fully saturated rings. The van der Waals surface area contributed by atoms with Crippen LogP contribution < -0.4 is 20.4 Å². The zero-order valence-corrected chi connectivity index (χ0v) is 26.6. The van der Waals surface area contributed by atoms with E-state index in [-0.39, 0.29) is 11.8 Å². The van der Waals surface area contributed by atoms with Crippen LogP contribution in [0.25, 0.3) is 0 Å². The molecular formula is C32H43B2N2O8. The van der Waals surface area contributed by atoms with Crippen molar-refractivity contribution in [3.63, 3.8) is 0 Å². The van der Waals surface area contributed by atoms with Gasteiger partial charge < -0.3 is 39.1 Å². The Morgan fingerprint density at radius 2 is 1.27 bits per heavy atom. The molecule has 1 radical (unpaired) electrons. The second-order valence-corrected chi connectivity index (χ2v) is 13.2. The second-order valence-electron chi connectivity index (χ2n) is 13.2. The molecule has 2 aliphatic carbocycles. The SMILES string of the molecule is COc1cc(B(O)O)cc2c1C(=O)N(C1CC1)CC2.COc1cc([B]OC(C)(C)C(C)(C)O)cc2c1C(=O)N(C1CC1)CC2. The Balaban J connectivity index is 0.000000181. The summed E-state index contributed by atoms with van der Waals surface area (Å²) in [4.78, 5) is 29.2. The van der Waals surface area contributed by atoms with Crippen molar-refractivity contribution in [3.05, 3.63) is 46.5 Å². The number of carbonyl (C=O) groups is 2. The normalized spacial score (nSPS) is 18.2. The van der Waals surface area contributed by atoms with Crippen LogP contribution in [0.4, 0.5) is 0 Å². The van der Waals surface area contributed by atoms with E-state index < -0.39 is 18.3 Å². The number of benzene rings is 2. The van der Waals surface area contributed by atoms with Crippen LogP contribution in [0.15, 0.2) is 24.3 Å². The number of ether oxygens (including phenoxy) is 2. The van der Waals surface area contributed by atoms with Crippen LogP contribution in [0.5, 0.6) is 11.5 Å². The number of carbonyl (C=O) groups excluding carboxylic acids is 2. The third-order valence-electron chi connectivity index (χ3n) is 9.28. The minimum Gasteiger partial charge on any atom is -0.496 e. The minimum absolute atomic E-state index is 0.000389. The van der Waals surface area contributed by atoms with Crippen LogP contribution in [-0.4, -0.2) is 102 Å². The molecule has 4 aliphatic rings. The van der Waals surface area contributed by atoms with Gasteiger partial charge in [0.2, 0.25) is 0 Å². The Labute approximate surface area is 260 Å². The van der Waals surface area contributed by atoms with Gasteiger partial charge in [-0.2, -0.15) is 0 Å². The van der Waals surface area contributed by atoms with E-state index in [9.17, 15) is 24.7 Å². The highest BCUT2D eigenvalue weighted by molar-refractivity contribution is 6.58. The summed E-state index contributed by atoms with van der Waals surface area (Å²) < 4.78 is 16.6. The molecule has 0 aromatic heterocycles. The monoisotopic (exact) mass is 605 g/mol. The van der Waals surface area contributed by atoms with Crippen LogP contribution in [0.2, 0.25) is 0 Å². The quantitative estimate of drug-likeness (QED) is 0.364. The predicted molar refractivity (Wildman–Crippen MR) is 168 cm³/mol. The molecule has 2 aromatic rings. The average Bonchev–Trinajstić information content (AvgIpc) is 3.90. The van der Waals surface area contributed by atoms with Crippen LogP contribution in [0.3, 0.4) is 0 Å². The van der Waals surface area contributed by atoms with Gasteiger partial charge in [-0.1, -0.05) is 12.1 Å². The Morgan fingerprint density at radius 1 is 0.795 bits per heavy atom. The van der Waals surface area contributed by atoms with E-state index in [0.717, 1.165) is 61.7 Å². The van der Waals surface area contributed by atoms with Crippen molar-refractivity contribution in [1.29, 1.82) is 0 Å². The maximum atomic E-state index is 12.8. The number of aliphatic hydroxyl groups is 1. The molecule has 2 aromatic carbocycles. The Morgan fingerprint density at radius 3 is 1.70 bits per heavy atom. The molecule has 0 spiro atoms. The smallest absolute Gasteiger partial charge is 0.488 e. The number of fused-ring (bicyclic) bond motifs is 2. The van der Waals surface area contributed by atoms with E-state index >= 15 is 0 Å². The summed E-state index contributed by atoms with van der Waals surface area (Å²) in [6.07, 6.45) is 5.93. The molecule has 10 nitrogen and oxygen atoms in total. The molecule has 6 rings (SSSR count). The van der Waals surface area contributed by atoms with Gasteiger partial charge in [0.05, 0.1) is 36.5 Å². The summed E-state index contributed by atoms with van der Waals surface area (Å²) in [6.45, 7) is 8.59. The van der Waals surface area contributed by atoms with Crippen LogP contribution >= 0.6 is 0 Å². The highest BCUT2D eigenvalue weighted by Crippen LogP contribution is 2.36. The van der Waals surface area contributed by atoms with Crippen molar-refractivity contribution in [2.45, 2.75) is 89.5 Å². The van der Waals surface area contributed by atoms with Gasteiger partial charge in [-0.15, -0.1) is 0 Å². The summed E-state index contributed by atoms with van der Waals surface area (Å²) in [6, 6.07) is 7.82. The molecule has 3 N–H and O–H groups in total. The number of amides is 2. The third-order valence-corrected chi connectivity index (χ3v) is 9.28. The number of methoxy groups -OCH3 is 2. The third kappa shape index (κ3) is 6.63.